The minimum Gasteiger partial charge on any atom is -0.334 e. The molecule has 3 N–H and O–H groups in total. The Hall–Kier alpha value is -2.43. The van der Waals surface area contributed by atoms with E-state index in [4.69, 9.17) is 0 Å². The summed E-state index contributed by atoms with van der Waals surface area (Å²) in [5, 5.41) is 7.13. The molecule has 7 nitrogen and oxygen atoms in total. The molecule has 2 heterocycles. The second kappa shape index (κ2) is 8.51. The number of carbonyl (C=O) groups excluding carboxylic acids is 1. The predicted octanol–water partition coefficient (Wildman–Crippen LogP) is 4.03. The minimum absolute atomic E-state index is 0.232. The zero-order valence-corrected chi connectivity index (χ0v) is 17.1. The number of anilines is 2. The molecule has 0 saturated heterocycles. The summed E-state index contributed by atoms with van der Waals surface area (Å²) in [7, 11) is -3.62. The van der Waals surface area contributed by atoms with Gasteiger partial charge in [0.05, 0.1) is 11.4 Å². The van der Waals surface area contributed by atoms with Gasteiger partial charge in [0.2, 0.25) is 0 Å². The lowest BCUT2D eigenvalue weighted by molar-refractivity contribution is 0.251. The largest absolute Gasteiger partial charge is 0.334 e. The summed E-state index contributed by atoms with van der Waals surface area (Å²) in [5.41, 5.74) is 1.78. The Morgan fingerprint density at radius 1 is 1.19 bits per heavy atom. The smallest absolute Gasteiger partial charge is 0.319 e. The van der Waals surface area contributed by atoms with Gasteiger partial charge in [0, 0.05) is 23.4 Å². The van der Waals surface area contributed by atoms with Gasteiger partial charge in [-0.25, -0.2) is 13.2 Å². The number of carbonyl (C=O) groups is 1. The van der Waals surface area contributed by atoms with Crippen molar-refractivity contribution in [2.45, 2.75) is 10.8 Å². The van der Waals surface area contributed by atoms with E-state index in [0.717, 1.165) is 16.9 Å². The molecule has 0 aliphatic rings. The van der Waals surface area contributed by atoms with Crippen molar-refractivity contribution in [3.8, 4) is 0 Å². The Bertz CT molecular complexity index is 1030. The average Bonchev–Trinajstić information content (AvgIpc) is 3.19. The molecule has 2 aromatic heterocycles. The van der Waals surface area contributed by atoms with Crippen LogP contribution in [0.4, 0.5) is 16.2 Å². The number of halogens is 1. The number of benzene rings is 1. The van der Waals surface area contributed by atoms with Gasteiger partial charge in [-0.1, -0.05) is 12.1 Å². The second-order valence-electron chi connectivity index (χ2n) is 5.40. The number of hydrogen-bond acceptors (Lipinski definition) is 5. The fraction of sp³-hybridized carbons (Fsp3) is 0.0588. The molecule has 2 amide bonds. The van der Waals surface area contributed by atoms with E-state index >= 15 is 0 Å². The van der Waals surface area contributed by atoms with Crippen LogP contribution in [0.3, 0.4) is 0 Å². The van der Waals surface area contributed by atoms with Gasteiger partial charge in [-0.05, 0) is 57.2 Å². The fourth-order valence-corrected chi connectivity index (χ4v) is 4.67. The number of hydrogen-bond donors (Lipinski definition) is 3. The zero-order valence-electron chi connectivity index (χ0n) is 13.8. The first-order valence-corrected chi connectivity index (χ1v) is 10.9. The maximum atomic E-state index is 12.3. The van der Waals surface area contributed by atoms with Gasteiger partial charge in [0.25, 0.3) is 10.0 Å². The molecule has 0 atom stereocenters. The number of thiophene rings is 1. The summed E-state index contributed by atoms with van der Waals surface area (Å²) in [6.07, 6.45) is 3.33. The lowest BCUT2D eigenvalue weighted by atomic mass is 10.3. The van der Waals surface area contributed by atoms with Crippen molar-refractivity contribution in [3.63, 3.8) is 0 Å². The first-order valence-electron chi connectivity index (χ1n) is 7.74. The van der Waals surface area contributed by atoms with Crippen molar-refractivity contribution in [3.05, 3.63) is 70.3 Å². The molecule has 10 heteroatoms. The fourth-order valence-electron chi connectivity index (χ4n) is 2.15. The summed E-state index contributed by atoms with van der Waals surface area (Å²) >= 11 is 4.48. The lowest BCUT2D eigenvalue weighted by Crippen LogP contribution is -2.28. The maximum Gasteiger partial charge on any atom is 0.319 e. The van der Waals surface area contributed by atoms with Crippen molar-refractivity contribution >= 4 is 54.7 Å². The quantitative estimate of drug-likeness (QED) is 0.510. The first-order chi connectivity index (χ1) is 12.9. The molecule has 0 bridgehead atoms. The monoisotopic (exact) mass is 466 g/mol. The Balaban J connectivity index is 1.62. The molecule has 0 saturated carbocycles. The number of urea groups is 1. The topological polar surface area (TPSA) is 100 Å². The Morgan fingerprint density at radius 2 is 2.04 bits per heavy atom. The van der Waals surface area contributed by atoms with Crippen molar-refractivity contribution in [2.24, 2.45) is 0 Å². The molecule has 3 rings (SSSR count). The van der Waals surface area contributed by atoms with Crippen LogP contribution in [-0.2, 0) is 16.6 Å². The van der Waals surface area contributed by atoms with Crippen molar-refractivity contribution in [2.75, 3.05) is 10.0 Å². The molecule has 1 aromatic carbocycles. The van der Waals surface area contributed by atoms with E-state index in [0.29, 0.717) is 22.4 Å². The maximum absolute atomic E-state index is 12.3. The number of sulfonamides is 1. The van der Waals surface area contributed by atoms with Gasteiger partial charge in [-0.3, -0.25) is 9.71 Å². The average molecular weight is 467 g/mol. The van der Waals surface area contributed by atoms with E-state index in [2.05, 4.69) is 36.3 Å². The van der Waals surface area contributed by atoms with Crippen LogP contribution in [0.1, 0.15) is 5.56 Å². The van der Waals surface area contributed by atoms with Crippen LogP contribution in [0.5, 0.6) is 0 Å². The van der Waals surface area contributed by atoms with Gasteiger partial charge in [0.1, 0.15) is 4.21 Å². The van der Waals surface area contributed by atoms with Crippen molar-refractivity contribution in [1.82, 2.24) is 10.3 Å². The number of nitrogens with zero attached hydrogens (tertiary/aromatic N) is 1. The Kier molecular flexibility index (Phi) is 6.09. The molecule has 0 spiro atoms. The number of aromatic nitrogens is 1. The molecule has 0 unspecified atom stereocenters. The Morgan fingerprint density at radius 3 is 2.70 bits per heavy atom. The van der Waals surface area contributed by atoms with E-state index < -0.39 is 10.0 Å². The highest BCUT2D eigenvalue weighted by Crippen LogP contribution is 2.28. The highest BCUT2D eigenvalue weighted by molar-refractivity contribution is 9.10. The molecule has 140 valence electrons. The molecular weight excluding hydrogens is 452 g/mol. The van der Waals surface area contributed by atoms with E-state index in [-0.39, 0.29) is 10.2 Å². The summed E-state index contributed by atoms with van der Waals surface area (Å²) < 4.78 is 27.8. The van der Waals surface area contributed by atoms with Crippen LogP contribution < -0.4 is 15.4 Å². The molecule has 27 heavy (non-hydrogen) atoms. The number of nitrogens with one attached hydrogen (secondary N) is 3. The molecule has 0 aliphatic carbocycles. The van der Waals surface area contributed by atoms with Crippen LogP contribution in [0.2, 0.25) is 0 Å². The second-order valence-corrected chi connectivity index (χ2v) is 9.11. The first kappa shape index (κ1) is 19.3. The third-order valence-electron chi connectivity index (χ3n) is 3.41. The highest BCUT2D eigenvalue weighted by atomic mass is 79.9. The van der Waals surface area contributed by atoms with Crippen molar-refractivity contribution < 1.29 is 13.2 Å². The zero-order chi connectivity index (χ0) is 19.3. The van der Waals surface area contributed by atoms with Crippen LogP contribution in [0, 0.1) is 0 Å². The standard InChI is InChI=1S/C17H15BrN4O3S2/c18-14-9-13(22-27(24,25)16-4-2-8-26-16)5-6-15(14)21-17(23)20-11-12-3-1-7-19-10-12/h1-10,22H,11H2,(H2,20,21,23). The molecule has 0 aliphatic heterocycles. The van der Waals surface area contributed by atoms with Crippen LogP contribution in [0.25, 0.3) is 0 Å². The lowest BCUT2D eigenvalue weighted by Gasteiger charge is -2.11. The van der Waals surface area contributed by atoms with E-state index in [1.807, 2.05) is 6.07 Å². The normalized spacial score (nSPS) is 11.0. The van der Waals surface area contributed by atoms with E-state index in [1.54, 1.807) is 48.1 Å². The molecular formula is C17H15BrN4O3S2. The summed E-state index contributed by atoms with van der Waals surface area (Å²) in [5.74, 6) is 0. The van der Waals surface area contributed by atoms with Gasteiger partial charge in [-0.15, -0.1) is 11.3 Å². The Labute approximate surface area is 169 Å². The summed E-state index contributed by atoms with van der Waals surface area (Å²) in [6.45, 7) is 0.343. The van der Waals surface area contributed by atoms with E-state index in [1.165, 1.54) is 6.07 Å². The molecule has 0 fully saturated rings. The molecule has 3 aromatic rings. The number of rotatable bonds is 6. The summed E-state index contributed by atoms with van der Waals surface area (Å²) in [6, 6.07) is 11.2. The third-order valence-corrected chi connectivity index (χ3v) is 6.84. The van der Waals surface area contributed by atoms with Gasteiger partial charge in [-0.2, -0.15) is 0 Å². The van der Waals surface area contributed by atoms with Crippen LogP contribution in [0.15, 0.2) is 68.9 Å². The van der Waals surface area contributed by atoms with Crippen LogP contribution in [-0.4, -0.2) is 19.4 Å². The van der Waals surface area contributed by atoms with Gasteiger partial charge < -0.3 is 10.6 Å². The van der Waals surface area contributed by atoms with Crippen molar-refractivity contribution in [1.29, 1.82) is 0 Å². The van der Waals surface area contributed by atoms with Crippen LogP contribution >= 0.6 is 27.3 Å². The predicted molar refractivity (Wildman–Crippen MR) is 109 cm³/mol. The highest BCUT2D eigenvalue weighted by Gasteiger charge is 2.16. The summed E-state index contributed by atoms with van der Waals surface area (Å²) in [4.78, 5) is 16.0. The number of pyridine rings is 1. The number of amides is 2. The SMILES string of the molecule is O=C(NCc1cccnc1)Nc1ccc(NS(=O)(=O)c2cccs2)cc1Br. The molecule has 0 radical (unpaired) electrons. The van der Waals surface area contributed by atoms with Gasteiger partial charge >= 0.3 is 6.03 Å². The minimum atomic E-state index is -3.62. The van der Waals surface area contributed by atoms with E-state index in [9.17, 15) is 13.2 Å². The third kappa shape index (κ3) is 5.28. The van der Waals surface area contributed by atoms with Gasteiger partial charge in [0.15, 0.2) is 0 Å².